The summed E-state index contributed by atoms with van der Waals surface area (Å²) in [5.74, 6) is -1.98. The van der Waals surface area contributed by atoms with Gasteiger partial charge in [-0.25, -0.2) is 4.39 Å². The second-order valence-corrected chi connectivity index (χ2v) is 4.33. The molecule has 0 saturated carbocycles. The van der Waals surface area contributed by atoms with Gasteiger partial charge in [-0.3, -0.25) is 14.4 Å². The SMILES string of the molecule is C=CC(=O)Nc1cc(F)cc(NC(=O)[C@@H](C)NC(C)=O)c1. The summed E-state index contributed by atoms with van der Waals surface area (Å²) in [5.41, 5.74) is 0.346. The molecule has 0 bridgehead atoms. The van der Waals surface area contributed by atoms with Crippen molar-refractivity contribution in [1.82, 2.24) is 5.32 Å². The quantitative estimate of drug-likeness (QED) is 0.717. The molecule has 3 N–H and O–H groups in total. The first-order valence-electron chi connectivity index (χ1n) is 6.14. The predicted molar refractivity (Wildman–Crippen MR) is 77.1 cm³/mol. The van der Waals surface area contributed by atoms with Crippen molar-refractivity contribution in [2.45, 2.75) is 19.9 Å². The Hall–Kier alpha value is -2.70. The molecule has 112 valence electrons. The van der Waals surface area contributed by atoms with Gasteiger partial charge in [0.1, 0.15) is 11.9 Å². The van der Waals surface area contributed by atoms with E-state index in [0.717, 1.165) is 18.2 Å². The van der Waals surface area contributed by atoms with Crippen molar-refractivity contribution in [1.29, 1.82) is 0 Å². The van der Waals surface area contributed by atoms with Crippen LogP contribution in [0.3, 0.4) is 0 Å². The van der Waals surface area contributed by atoms with Crippen molar-refractivity contribution in [2.75, 3.05) is 10.6 Å². The maximum Gasteiger partial charge on any atom is 0.247 e. The van der Waals surface area contributed by atoms with Crippen LogP contribution >= 0.6 is 0 Å². The molecule has 6 nitrogen and oxygen atoms in total. The molecule has 0 heterocycles. The summed E-state index contributed by atoms with van der Waals surface area (Å²) in [6.07, 6.45) is 1.04. The van der Waals surface area contributed by atoms with Crippen LogP contribution in [-0.4, -0.2) is 23.8 Å². The normalized spacial score (nSPS) is 11.2. The molecule has 0 fully saturated rings. The fourth-order valence-electron chi connectivity index (χ4n) is 1.55. The highest BCUT2D eigenvalue weighted by Gasteiger charge is 2.14. The van der Waals surface area contributed by atoms with Gasteiger partial charge in [0, 0.05) is 18.3 Å². The number of hydrogen-bond donors (Lipinski definition) is 3. The number of benzene rings is 1. The van der Waals surface area contributed by atoms with E-state index in [2.05, 4.69) is 22.5 Å². The third kappa shape index (κ3) is 5.43. The number of rotatable bonds is 5. The molecule has 0 aromatic heterocycles. The number of carbonyl (C=O) groups is 3. The van der Waals surface area contributed by atoms with Crippen LogP contribution < -0.4 is 16.0 Å². The lowest BCUT2D eigenvalue weighted by atomic mass is 10.2. The second-order valence-electron chi connectivity index (χ2n) is 4.33. The fourth-order valence-corrected chi connectivity index (χ4v) is 1.55. The van der Waals surface area contributed by atoms with E-state index in [9.17, 15) is 18.8 Å². The minimum absolute atomic E-state index is 0.163. The average Bonchev–Trinajstić information content (AvgIpc) is 2.36. The Morgan fingerprint density at radius 2 is 1.76 bits per heavy atom. The van der Waals surface area contributed by atoms with E-state index < -0.39 is 23.7 Å². The Morgan fingerprint density at radius 1 is 1.19 bits per heavy atom. The van der Waals surface area contributed by atoms with Crippen LogP contribution in [0.4, 0.5) is 15.8 Å². The first kappa shape index (κ1) is 16.4. The highest BCUT2D eigenvalue weighted by atomic mass is 19.1. The highest BCUT2D eigenvalue weighted by molar-refractivity contribution is 6.00. The third-order valence-electron chi connectivity index (χ3n) is 2.43. The van der Waals surface area contributed by atoms with E-state index in [0.29, 0.717) is 0 Å². The molecule has 21 heavy (non-hydrogen) atoms. The molecular formula is C14H16FN3O3. The van der Waals surface area contributed by atoms with Gasteiger partial charge >= 0.3 is 0 Å². The molecule has 0 saturated heterocycles. The molecule has 1 aromatic carbocycles. The first-order valence-corrected chi connectivity index (χ1v) is 6.14. The molecule has 3 amide bonds. The Balaban J connectivity index is 2.83. The molecule has 1 atom stereocenters. The van der Waals surface area contributed by atoms with Crippen LogP contribution in [0, 0.1) is 5.82 Å². The predicted octanol–water partition coefficient (Wildman–Crippen LogP) is 1.41. The summed E-state index contributed by atoms with van der Waals surface area (Å²) in [5, 5.41) is 7.24. The maximum absolute atomic E-state index is 13.4. The summed E-state index contributed by atoms with van der Waals surface area (Å²) in [6.45, 7) is 6.07. The second kappa shape index (κ2) is 7.18. The monoisotopic (exact) mass is 293 g/mol. The van der Waals surface area contributed by atoms with Crippen LogP contribution in [-0.2, 0) is 14.4 Å². The summed E-state index contributed by atoms with van der Waals surface area (Å²) in [6, 6.07) is 2.83. The molecule has 0 unspecified atom stereocenters. The summed E-state index contributed by atoms with van der Waals surface area (Å²) in [7, 11) is 0. The van der Waals surface area contributed by atoms with Crippen molar-refractivity contribution in [3.05, 3.63) is 36.7 Å². The van der Waals surface area contributed by atoms with Crippen molar-refractivity contribution >= 4 is 29.1 Å². The molecule has 1 rings (SSSR count). The topological polar surface area (TPSA) is 87.3 Å². The maximum atomic E-state index is 13.4. The van der Waals surface area contributed by atoms with Gasteiger partial charge in [0.25, 0.3) is 0 Å². The standard InChI is InChI=1S/C14H16FN3O3/c1-4-13(20)17-11-5-10(15)6-12(7-11)18-14(21)8(2)16-9(3)19/h4-8H,1H2,2-3H3,(H,16,19)(H,17,20)(H,18,21)/t8-/m1/s1. The van der Waals surface area contributed by atoms with Gasteiger partial charge in [-0.15, -0.1) is 0 Å². The van der Waals surface area contributed by atoms with Crippen molar-refractivity contribution in [3.8, 4) is 0 Å². The van der Waals surface area contributed by atoms with Gasteiger partial charge in [0.15, 0.2) is 0 Å². The van der Waals surface area contributed by atoms with Crippen LogP contribution in [0.1, 0.15) is 13.8 Å². The highest BCUT2D eigenvalue weighted by Crippen LogP contribution is 2.18. The summed E-state index contributed by atoms with van der Waals surface area (Å²) >= 11 is 0. The van der Waals surface area contributed by atoms with Gasteiger partial charge in [0.2, 0.25) is 17.7 Å². The van der Waals surface area contributed by atoms with Gasteiger partial charge in [0.05, 0.1) is 0 Å². The van der Waals surface area contributed by atoms with E-state index in [1.165, 1.54) is 19.9 Å². The molecule has 1 aromatic rings. The van der Waals surface area contributed by atoms with Crippen LogP contribution in [0.2, 0.25) is 0 Å². The number of anilines is 2. The van der Waals surface area contributed by atoms with Gasteiger partial charge < -0.3 is 16.0 Å². The number of carbonyl (C=O) groups excluding carboxylic acids is 3. The molecule has 0 radical (unpaired) electrons. The van der Waals surface area contributed by atoms with Crippen LogP contribution in [0.15, 0.2) is 30.9 Å². The molecule has 0 aliphatic heterocycles. The lowest BCUT2D eigenvalue weighted by molar-refractivity contribution is -0.124. The smallest absolute Gasteiger partial charge is 0.247 e. The Labute approximate surface area is 121 Å². The first-order chi connectivity index (χ1) is 9.81. The molecule has 7 heteroatoms. The largest absolute Gasteiger partial charge is 0.345 e. The summed E-state index contributed by atoms with van der Waals surface area (Å²) in [4.78, 5) is 33.8. The van der Waals surface area contributed by atoms with Crippen molar-refractivity contribution in [3.63, 3.8) is 0 Å². The fraction of sp³-hybridized carbons (Fsp3) is 0.214. The van der Waals surface area contributed by atoms with Gasteiger partial charge in [-0.2, -0.15) is 0 Å². The van der Waals surface area contributed by atoms with Crippen LogP contribution in [0.25, 0.3) is 0 Å². The average molecular weight is 293 g/mol. The molecule has 0 aliphatic carbocycles. The van der Waals surface area contributed by atoms with Gasteiger partial charge in [-0.1, -0.05) is 6.58 Å². The Bertz CT molecular complexity index is 587. The minimum Gasteiger partial charge on any atom is -0.345 e. The van der Waals surface area contributed by atoms with Crippen LogP contribution in [0.5, 0.6) is 0 Å². The van der Waals surface area contributed by atoms with Crippen molar-refractivity contribution < 1.29 is 18.8 Å². The zero-order valence-corrected chi connectivity index (χ0v) is 11.7. The zero-order chi connectivity index (χ0) is 16.0. The lowest BCUT2D eigenvalue weighted by Gasteiger charge is -2.13. The summed E-state index contributed by atoms with van der Waals surface area (Å²) < 4.78 is 13.4. The Kier molecular flexibility index (Phi) is 5.59. The third-order valence-corrected chi connectivity index (χ3v) is 2.43. The van der Waals surface area contributed by atoms with Gasteiger partial charge in [-0.05, 0) is 31.2 Å². The number of halogens is 1. The van der Waals surface area contributed by atoms with E-state index in [1.54, 1.807) is 0 Å². The Morgan fingerprint density at radius 3 is 2.29 bits per heavy atom. The number of hydrogen-bond acceptors (Lipinski definition) is 3. The van der Waals surface area contributed by atoms with E-state index in [1.807, 2.05) is 0 Å². The number of amides is 3. The van der Waals surface area contributed by atoms with E-state index in [-0.39, 0.29) is 17.3 Å². The molecular weight excluding hydrogens is 277 g/mol. The van der Waals surface area contributed by atoms with E-state index >= 15 is 0 Å². The number of nitrogens with one attached hydrogen (secondary N) is 3. The van der Waals surface area contributed by atoms with E-state index in [4.69, 9.17) is 0 Å². The minimum atomic E-state index is -0.767. The zero-order valence-electron chi connectivity index (χ0n) is 11.7. The molecule has 0 spiro atoms. The van der Waals surface area contributed by atoms with Crippen molar-refractivity contribution in [2.24, 2.45) is 0 Å². The lowest BCUT2D eigenvalue weighted by Crippen LogP contribution is -2.40. The molecule has 0 aliphatic rings.